The second-order valence-electron chi connectivity index (χ2n) is 3.67. The summed E-state index contributed by atoms with van der Waals surface area (Å²) in [6, 6.07) is 0. The first-order chi connectivity index (χ1) is 3.85. The number of hydrogen-bond acceptors (Lipinski definition) is 1. The molecule has 0 aromatic rings. The van der Waals surface area contributed by atoms with Gasteiger partial charge < -0.3 is 4.81 Å². The standard InChI is InChI=1S/C5H15BClNSi/c1-8(2)6(7)9(3,4)5/h1-5H3. The van der Waals surface area contributed by atoms with Gasteiger partial charge in [0.15, 0.2) is 0 Å². The highest BCUT2D eigenvalue weighted by atomic mass is 35.5. The summed E-state index contributed by atoms with van der Waals surface area (Å²) in [4.78, 5) is 2.08. The molecule has 0 aliphatic carbocycles. The van der Waals surface area contributed by atoms with Gasteiger partial charge in [-0.1, -0.05) is 19.6 Å². The lowest BCUT2D eigenvalue weighted by atomic mass is 10.3. The van der Waals surface area contributed by atoms with Gasteiger partial charge in [-0.25, -0.2) is 0 Å². The van der Waals surface area contributed by atoms with E-state index in [2.05, 4.69) is 24.5 Å². The van der Waals surface area contributed by atoms with Crippen molar-refractivity contribution in [1.29, 1.82) is 0 Å². The first-order valence-corrected chi connectivity index (χ1v) is 7.17. The number of hydrogen-bond donors (Lipinski definition) is 0. The van der Waals surface area contributed by atoms with E-state index >= 15 is 0 Å². The van der Waals surface area contributed by atoms with Crippen molar-refractivity contribution in [3.05, 3.63) is 0 Å². The molecule has 0 saturated carbocycles. The Labute approximate surface area is 64.3 Å². The molecule has 0 N–H and O–H groups in total. The average Bonchev–Trinajstić information content (AvgIpc) is 1.62. The van der Waals surface area contributed by atoms with Crippen molar-refractivity contribution in [2.24, 2.45) is 0 Å². The molecule has 0 atom stereocenters. The van der Waals surface area contributed by atoms with Crippen LogP contribution in [0.1, 0.15) is 0 Å². The molecule has 0 rings (SSSR count). The third kappa shape index (κ3) is 3.28. The average molecular weight is 164 g/mol. The first kappa shape index (κ1) is 9.53. The van der Waals surface area contributed by atoms with E-state index in [1.165, 1.54) is 0 Å². The van der Waals surface area contributed by atoms with E-state index in [9.17, 15) is 0 Å². The van der Waals surface area contributed by atoms with E-state index in [0.717, 1.165) is 0 Å². The van der Waals surface area contributed by atoms with Crippen LogP contribution in [0.2, 0.25) is 19.6 Å². The molecular formula is C5H15BClNSi. The summed E-state index contributed by atoms with van der Waals surface area (Å²) in [5.74, 6) is 0.262. The monoisotopic (exact) mass is 163 g/mol. The zero-order chi connectivity index (χ0) is 7.65. The Morgan fingerprint density at radius 3 is 1.56 bits per heavy atom. The topological polar surface area (TPSA) is 3.24 Å². The molecule has 0 radical (unpaired) electrons. The van der Waals surface area contributed by atoms with Crippen molar-refractivity contribution in [3.63, 3.8) is 0 Å². The maximum Gasteiger partial charge on any atom is 0.315 e. The zero-order valence-electron chi connectivity index (χ0n) is 6.90. The highest BCUT2D eigenvalue weighted by molar-refractivity contribution is 7.48. The highest BCUT2D eigenvalue weighted by Crippen LogP contribution is 2.10. The third-order valence-corrected chi connectivity index (χ3v) is 5.47. The predicted octanol–water partition coefficient (Wildman–Crippen LogP) is 1.69. The molecule has 0 aromatic heterocycles. The quantitative estimate of drug-likeness (QED) is 0.560. The van der Waals surface area contributed by atoms with E-state index in [1.807, 2.05) is 14.1 Å². The summed E-state index contributed by atoms with van der Waals surface area (Å²) >= 11 is 6.08. The molecule has 0 bridgehead atoms. The fourth-order valence-corrected chi connectivity index (χ4v) is 2.32. The predicted molar refractivity (Wildman–Crippen MR) is 48.6 cm³/mol. The molecule has 0 saturated heterocycles. The van der Waals surface area contributed by atoms with Crippen molar-refractivity contribution in [2.45, 2.75) is 19.6 Å². The fourth-order valence-electron chi connectivity index (χ4n) is 0.775. The van der Waals surface area contributed by atoms with Crippen molar-refractivity contribution < 1.29 is 0 Å². The lowest BCUT2D eigenvalue weighted by molar-refractivity contribution is 0.665. The van der Waals surface area contributed by atoms with Gasteiger partial charge in [0.2, 0.25) is 0 Å². The normalized spacial score (nSPS) is 12.3. The molecule has 0 aliphatic rings. The van der Waals surface area contributed by atoms with Crippen LogP contribution in [0.5, 0.6) is 0 Å². The van der Waals surface area contributed by atoms with E-state index in [0.29, 0.717) is 0 Å². The summed E-state index contributed by atoms with van der Waals surface area (Å²) in [5, 5.41) is 0. The number of halogens is 1. The molecule has 0 aliphatic heterocycles. The van der Waals surface area contributed by atoms with E-state index in [1.54, 1.807) is 0 Å². The first-order valence-electron chi connectivity index (χ1n) is 3.16. The summed E-state index contributed by atoms with van der Waals surface area (Å²) in [6.45, 7) is 6.81. The molecule has 4 heteroatoms. The van der Waals surface area contributed by atoms with E-state index in [-0.39, 0.29) is 5.86 Å². The Morgan fingerprint density at radius 2 is 1.56 bits per heavy atom. The van der Waals surface area contributed by atoms with Gasteiger partial charge in [-0.2, -0.15) is 11.5 Å². The SMILES string of the molecule is CN(C)B(Cl)[Si](C)(C)C. The minimum atomic E-state index is -1.13. The molecular weight excluding hydrogens is 148 g/mol. The summed E-state index contributed by atoms with van der Waals surface area (Å²) < 4.78 is 0. The van der Waals surface area contributed by atoms with Crippen molar-refractivity contribution in [3.8, 4) is 0 Å². The maximum atomic E-state index is 6.08. The second-order valence-corrected chi connectivity index (χ2v) is 9.72. The minimum absolute atomic E-state index is 0.262. The second kappa shape index (κ2) is 3.08. The summed E-state index contributed by atoms with van der Waals surface area (Å²) in [7, 11) is 2.92. The van der Waals surface area contributed by atoms with E-state index in [4.69, 9.17) is 11.5 Å². The van der Waals surface area contributed by atoms with Crippen LogP contribution < -0.4 is 0 Å². The molecule has 1 nitrogen and oxygen atoms in total. The van der Waals surface area contributed by atoms with Gasteiger partial charge >= 0.3 is 5.86 Å². The van der Waals surface area contributed by atoms with Gasteiger partial charge in [0.1, 0.15) is 0 Å². The Balaban J connectivity index is 3.88. The van der Waals surface area contributed by atoms with Gasteiger partial charge in [-0.3, -0.25) is 0 Å². The lowest BCUT2D eigenvalue weighted by Crippen LogP contribution is -2.48. The smallest absolute Gasteiger partial charge is 0.315 e. The molecule has 0 unspecified atom stereocenters. The van der Waals surface area contributed by atoms with Crippen molar-refractivity contribution in [1.82, 2.24) is 4.81 Å². The lowest BCUT2D eigenvalue weighted by Gasteiger charge is -2.24. The van der Waals surface area contributed by atoms with Crippen LogP contribution in [0, 0.1) is 0 Å². The third-order valence-electron chi connectivity index (χ3n) is 1.17. The molecule has 0 aromatic carbocycles. The minimum Gasteiger partial charge on any atom is -0.336 e. The van der Waals surface area contributed by atoms with Gasteiger partial charge in [0.25, 0.3) is 0 Å². The van der Waals surface area contributed by atoms with Gasteiger partial charge in [-0.05, 0) is 14.1 Å². The molecule has 0 spiro atoms. The van der Waals surface area contributed by atoms with Gasteiger partial charge in [-0.15, -0.1) is 0 Å². The summed E-state index contributed by atoms with van der Waals surface area (Å²) in [5.41, 5.74) is 0. The van der Waals surface area contributed by atoms with Crippen LogP contribution in [0.25, 0.3) is 0 Å². The van der Waals surface area contributed by atoms with Crippen LogP contribution in [0.3, 0.4) is 0 Å². The highest BCUT2D eigenvalue weighted by Gasteiger charge is 2.31. The van der Waals surface area contributed by atoms with Crippen LogP contribution >= 0.6 is 11.5 Å². The molecule has 54 valence electrons. The van der Waals surface area contributed by atoms with Gasteiger partial charge in [0, 0.05) is 0 Å². The van der Waals surface area contributed by atoms with Crippen LogP contribution in [-0.4, -0.2) is 32.7 Å². The molecule has 0 fully saturated rings. The molecule has 0 heterocycles. The Morgan fingerprint density at radius 1 is 1.22 bits per heavy atom. The van der Waals surface area contributed by atoms with Gasteiger partial charge in [0.05, 0.1) is 7.94 Å². The maximum absolute atomic E-state index is 6.08. The Hall–Kier alpha value is 0.532. The van der Waals surface area contributed by atoms with Crippen LogP contribution in [-0.2, 0) is 0 Å². The number of nitrogens with zero attached hydrogens (tertiary/aromatic N) is 1. The number of rotatable bonds is 2. The summed E-state index contributed by atoms with van der Waals surface area (Å²) in [6.07, 6.45) is 0. The Bertz CT molecular complexity index is 91.4. The van der Waals surface area contributed by atoms with Crippen LogP contribution in [0.15, 0.2) is 0 Å². The van der Waals surface area contributed by atoms with E-state index < -0.39 is 7.94 Å². The van der Waals surface area contributed by atoms with Crippen molar-refractivity contribution >= 4 is 25.3 Å². The van der Waals surface area contributed by atoms with Crippen molar-refractivity contribution in [2.75, 3.05) is 14.1 Å². The molecule has 9 heavy (non-hydrogen) atoms. The fraction of sp³-hybridized carbons (Fsp3) is 1.00. The Kier molecular flexibility index (Phi) is 3.26. The van der Waals surface area contributed by atoms with Crippen LogP contribution in [0.4, 0.5) is 0 Å². The largest absolute Gasteiger partial charge is 0.336 e. The zero-order valence-corrected chi connectivity index (χ0v) is 8.66. The molecule has 0 amide bonds.